The maximum absolute atomic E-state index is 12.1. The van der Waals surface area contributed by atoms with Gasteiger partial charge in [0.25, 0.3) is 0 Å². The first-order valence-corrected chi connectivity index (χ1v) is 8.45. The second kappa shape index (κ2) is 8.19. The fourth-order valence-electron chi connectivity index (χ4n) is 2.46. The lowest BCUT2D eigenvalue weighted by Gasteiger charge is -2.30. The lowest BCUT2D eigenvalue weighted by molar-refractivity contribution is -0.150. The average Bonchev–Trinajstić information content (AvgIpc) is 2.95. The Morgan fingerprint density at radius 3 is 2.91 bits per heavy atom. The number of carbonyl (C=O) groups is 2. The van der Waals surface area contributed by atoms with Gasteiger partial charge in [-0.3, -0.25) is 19.8 Å². The van der Waals surface area contributed by atoms with Crippen molar-refractivity contribution in [2.75, 3.05) is 31.6 Å². The molecule has 8 heteroatoms. The Kier molecular flexibility index (Phi) is 6.26. The standard InChI is InChI=1S/C14H22N4O3S/c1-3-12-16-17-14(22-12)15-11(19)9-18-7-5-6-10(8-18)13(20)21-4-2/h10H,3-9H2,1-2H3,(H,15,17,19). The molecule has 1 aliphatic rings. The molecule has 1 aromatic heterocycles. The zero-order valence-electron chi connectivity index (χ0n) is 13.0. The van der Waals surface area contributed by atoms with Crippen molar-refractivity contribution in [2.45, 2.75) is 33.1 Å². The monoisotopic (exact) mass is 326 g/mol. The number of piperidine rings is 1. The summed E-state index contributed by atoms with van der Waals surface area (Å²) < 4.78 is 5.06. The van der Waals surface area contributed by atoms with Crippen LogP contribution in [-0.4, -0.2) is 53.2 Å². The number of amides is 1. The van der Waals surface area contributed by atoms with Gasteiger partial charge < -0.3 is 4.74 Å². The van der Waals surface area contributed by atoms with Gasteiger partial charge in [0.1, 0.15) is 5.01 Å². The summed E-state index contributed by atoms with van der Waals surface area (Å²) in [5, 5.41) is 12.1. The molecule has 1 amide bonds. The van der Waals surface area contributed by atoms with E-state index in [0.717, 1.165) is 30.8 Å². The Bertz CT molecular complexity index is 520. The van der Waals surface area contributed by atoms with Crippen LogP contribution in [0.1, 0.15) is 31.7 Å². The number of carbonyl (C=O) groups excluding carboxylic acids is 2. The highest BCUT2D eigenvalue weighted by Gasteiger charge is 2.27. The number of hydrogen-bond acceptors (Lipinski definition) is 7. The molecule has 1 unspecified atom stereocenters. The third-order valence-electron chi connectivity index (χ3n) is 3.51. The lowest BCUT2D eigenvalue weighted by Crippen LogP contribution is -2.43. The summed E-state index contributed by atoms with van der Waals surface area (Å²) in [6, 6.07) is 0. The van der Waals surface area contributed by atoms with Crippen LogP contribution in [-0.2, 0) is 20.7 Å². The second-order valence-electron chi connectivity index (χ2n) is 5.23. The molecule has 122 valence electrons. The van der Waals surface area contributed by atoms with E-state index in [9.17, 15) is 9.59 Å². The number of esters is 1. The van der Waals surface area contributed by atoms with Crippen LogP contribution in [0.15, 0.2) is 0 Å². The van der Waals surface area contributed by atoms with E-state index in [2.05, 4.69) is 15.5 Å². The third kappa shape index (κ3) is 4.74. The predicted octanol–water partition coefficient (Wildman–Crippen LogP) is 1.31. The van der Waals surface area contributed by atoms with Gasteiger partial charge >= 0.3 is 5.97 Å². The number of ether oxygens (including phenoxy) is 1. The molecule has 0 radical (unpaired) electrons. The Morgan fingerprint density at radius 1 is 1.41 bits per heavy atom. The zero-order chi connectivity index (χ0) is 15.9. The summed E-state index contributed by atoms with van der Waals surface area (Å²) in [6.07, 6.45) is 2.53. The van der Waals surface area contributed by atoms with Gasteiger partial charge in [-0.05, 0) is 32.7 Å². The van der Waals surface area contributed by atoms with Gasteiger partial charge in [-0.2, -0.15) is 0 Å². The Morgan fingerprint density at radius 2 is 2.23 bits per heavy atom. The van der Waals surface area contributed by atoms with Gasteiger partial charge in [0.2, 0.25) is 11.0 Å². The van der Waals surface area contributed by atoms with E-state index in [0.29, 0.717) is 18.3 Å². The summed E-state index contributed by atoms with van der Waals surface area (Å²) in [5.41, 5.74) is 0. The first-order chi connectivity index (χ1) is 10.6. The van der Waals surface area contributed by atoms with Crippen molar-refractivity contribution in [3.05, 3.63) is 5.01 Å². The molecule has 0 spiro atoms. The number of aryl methyl sites for hydroxylation is 1. The normalized spacial score (nSPS) is 18.9. The van der Waals surface area contributed by atoms with Crippen LogP contribution >= 0.6 is 11.3 Å². The average molecular weight is 326 g/mol. The molecule has 1 fully saturated rings. The van der Waals surface area contributed by atoms with E-state index in [1.54, 1.807) is 6.92 Å². The van der Waals surface area contributed by atoms with Crippen LogP contribution in [0.2, 0.25) is 0 Å². The predicted molar refractivity (Wildman–Crippen MR) is 83.7 cm³/mol. The zero-order valence-corrected chi connectivity index (χ0v) is 13.8. The van der Waals surface area contributed by atoms with E-state index in [4.69, 9.17) is 4.74 Å². The Labute approximate surface area is 134 Å². The maximum Gasteiger partial charge on any atom is 0.310 e. The highest BCUT2D eigenvalue weighted by Crippen LogP contribution is 2.19. The summed E-state index contributed by atoms with van der Waals surface area (Å²) >= 11 is 1.39. The minimum absolute atomic E-state index is 0.122. The van der Waals surface area contributed by atoms with Crippen LogP contribution < -0.4 is 5.32 Å². The number of likely N-dealkylation sites (tertiary alicyclic amines) is 1. The van der Waals surface area contributed by atoms with Crippen LogP contribution in [0.4, 0.5) is 5.13 Å². The fraction of sp³-hybridized carbons (Fsp3) is 0.714. The van der Waals surface area contributed by atoms with Gasteiger partial charge in [0, 0.05) is 6.54 Å². The minimum atomic E-state index is -0.163. The summed E-state index contributed by atoms with van der Waals surface area (Å²) in [6.45, 7) is 5.85. The smallest absolute Gasteiger partial charge is 0.310 e. The van der Waals surface area contributed by atoms with E-state index in [-0.39, 0.29) is 24.3 Å². The molecule has 0 bridgehead atoms. The number of aromatic nitrogens is 2. The van der Waals surface area contributed by atoms with Gasteiger partial charge in [-0.1, -0.05) is 18.3 Å². The first-order valence-electron chi connectivity index (χ1n) is 7.63. The number of nitrogens with zero attached hydrogens (tertiary/aromatic N) is 3. The number of anilines is 1. The topological polar surface area (TPSA) is 84.4 Å². The van der Waals surface area contributed by atoms with Gasteiger partial charge in [0.05, 0.1) is 19.1 Å². The van der Waals surface area contributed by atoms with Crippen molar-refractivity contribution in [1.29, 1.82) is 0 Å². The molecule has 22 heavy (non-hydrogen) atoms. The van der Waals surface area contributed by atoms with Crippen molar-refractivity contribution < 1.29 is 14.3 Å². The molecule has 1 aliphatic heterocycles. The van der Waals surface area contributed by atoms with Crippen molar-refractivity contribution in [1.82, 2.24) is 15.1 Å². The van der Waals surface area contributed by atoms with Crippen LogP contribution in [0.25, 0.3) is 0 Å². The molecule has 1 saturated heterocycles. The lowest BCUT2D eigenvalue weighted by atomic mass is 9.98. The minimum Gasteiger partial charge on any atom is -0.466 e. The SMILES string of the molecule is CCOC(=O)C1CCCN(CC(=O)Nc2nnc(CC)s2)C1. The van der Waals surface area contributed by atoms with Gasteiger partial charge in [-0.15, -0.1) is 10.2 Å². The maximum atomic E-state index is 12.1. The fourth-order valence-corrected chi connectivity index (χ4v) is 3.16. The van der Waals surface area contributed by atoms with Crippen LogP contribution in [0, 0.1) is 5.92 Å². The van der Waals surface area contributed by atoms with E-state index < -0.39 is 0 Å². The molecule has 7 nitrogen and oxygen atoms in total. The highest BCUT2D eigenvalue weighted by atomic mass is 32.1. The molecule has 2 heterocycles. The van der Waals surface area contributed by atoms with Crippen LogP contribution in [0.3, 0.4) is 0 Å². The molecule has 2 rings (SSSR count). The van der Waals surface area contributed by atoms with Crippen molar-refractivity contribution in [2.24, 2.45) is 5.92 Å². The molecule has 0 aliphatic carbocycles. The Hall–Kier alpha value is -1.54. The van der Waals surface area contributed by atoms with Gasteiger partial charge in [0.15, 0.2) is 0 Å². The van der Waals surface area contributed by atoms with Crippen molar-refractivity contribution in [3.63, 3.8) is 0 Å². The van der Waals surface area contributed by atoms with Crippen molar-refractivity contribution >= 4 is 28.3 Å². The summed E-state index contributed by atoms with van der Waals surface area (Å²) in [7, 11) is 0. The molecule has 1 aromatic rings. The van der Waals surface area contributed by atoms with E-state index in [1.165, 1.54) is 11.3 Å². The van der Waals surface area contributed by atoms with E-state index in [1.807, 2.05) is 11.8 Å². The van der Waals surface area contributed by atoms with Crippen LogP contribution in [0.5, 0.6) is 0 Å². The molecular weight excluding hydrogens is 304 g/mol. The first kappa shape index (κ1) is 16.8. The number of rotatable bonds is 6. The molecule has 1 atom stereocenters. The largest absolute Gasteiger partial charge is 0.466 e. The molecule has 1 N–H and O–H groups in total. The molecule has 0 saturated carbocycles. The van der Waals surface area contributed by atoms with Gasteiger partial charge in [-0.25, -0.2) is 0 Å². The van der Waals surface area contributed by atoms with Crippen molar-refractivity contribution in [3.8, 4) is 0 Å². The molecule has 0 aromatic carbocycles. The molecular formula is C14H22N4O3S. The second-order valence-corrected chi connectivity index (χ2v) is 6.29. The quantitative estimate of drug-likeness (QED) is 0.794. The summed E-state index contributed by atoms with van der Waals surface area (Å²) in [5.74, 6) is -0.414. The highest BCUT2D eigenvalue weighted by molar-refractivity contribution is 7.15. The number of nitrogens with one attached hydrogen (secondary N) is 1. The Balaban J connectivity index is 1.81. The third-order valence-corrected chi connectivity index (χ3v) is 4.49. The summed E-state index contributed by atoms with van der Waals surface area (Å²) in [4.78, 5) is 25.8. The number of hydrogen-bond donors (Lipinski definition) is 1. The van der Waals surface area contributed by atoms with E-state index >= 15 is 0 Å².